The third kappa shape index (κ3) is 1.26. The highest BCUT2D eigenvalue weighted by Gasteiger charge is 2.11. The van der Waals surface area contributed by atoms with E-state index in [4.69, 9.17) is 5.11 Å². The summed E-state index contributed by atoms with van der Waals surface area (Å²) in [6, 6.07) is 0. The first-order valence-corrected chi connectivity index (χ1v) is 5.16. The fraction of sp³-hybridized carbons (Fsp3) is 0.444. The van der Waals surface area contributed by atoms with Gasteiger partial charge in [0.15, 0.2) is 4.96 Å². The average molecular weight is 196 g/mol. The van der Waals surface area contributed by atoms with Crippen molar-refractivity contribution in [2.24, 2.45) is 0 Å². The van der Waals surface area contributed by atoms with Gasteiger partial charge >= 0.3 is 0 Å². The number of nitrogens with zero attached hydrogens (tertiary/aromatic N) is 2. The molecule has 0 saturated heterocycles. The van der Waals surface area contributed by atoms with Gasteiger partial charge in [-0.15, -0.1) is 11.3 Å². The molecule has 0 spiro atoms. The van der Waals surface area contributed by atoms with E-state index in [1.165, 1.54) is 5.69 Å². The van der Waals surface area contributed by atoms with Crippen LogP contribution in [0, 0.1) is 0 Å². The van der Waals surface area contributed by atoms with E-state index in [1.807, 2.05) is 4.40 Å². The fourth-order valence-corrected chi connectivity index (χ4v) is 2.44. The highest BCUT2D eigenvalue weighted by atomic mass is 32.1. The first-order valence-electron chi connectivity index (χ1n) is 4.28. The summed E-state index contributed by atoms with van der Waals surface area (Å²) in [6.07, 6.45) is 1.73. The van der Waals surface area contributed by atoms with Crippen LogP contribution in [0.4, 0.5) is 0 Å². The summed E-state index contributed by atoms with van der Waals surface area (Å²) >= 11 is 1.62. The van der Waals surface area contributed by atoms with Crippen molar-refractivity contribution < 1.29 is 5.11 Å². The van der Waals surface area contributed by atoms with E-state index in [9.17, 15) is 0 Å². The zero-order chi connectivity index (χ0) is 9.42. The van der Waals surface area contributed by atoms with Gasteiger partial charge < -0.3 is 5.11 Å². The summed E-state index contributed by atoms with van der Waals surface area (Å²) < 4.78 is 2.04. The number of aliphatic hydroxyl groups is 1. The van der Waals surface area contributed by atoms with Gasteiger partial charge in [-0.1, -0.05) is 13.8 Å². The Kier molecular flexibility index (Phi) is 2.09. The van der Waals surface area contributed by atoms with Gasteiger partial charge in [-0.25, -0.2) is 4.98 Å². The quantitative estimate of drug-likeness (QED) is 0.797. The molecule has 4 heteroatoms. The largest absolute Gasteiger partial charge is 0.390 e. The molecule has 0 atom stereocenters. The molecule has 3 nitrogen and oxygen atoms in total. The molecule has 70 valence electrons. The Balaban J connectivity index is 2.68. The summed E-state index contributed by atoms with van der Waals surface area (Å²) in [5.41, 5.74) is 2.10. The standard InChI is InChI=1S/C9H12N2OS/c1-6(2)8-5-13-9-10-3-7(4-12)11(8)9/h3,5-6,12H,4H2,1-2H3. The van der Waals surface area contributed by atoms with Crippen LogP contribution in [0.15, 0.2) is 11.6 Å². The number of hydrogen-bond donors (Lipinski definition) is 1. The fourth-order valence-electron chi connectivity index (χ4n) is 1.40. The van der Waals surface area contributed by atoms with Gasteiger partial charge in [0.25, 0.3) is 0 Å². The van der Waals surface area contributed by atoms with E-state index < -0.39 is 0 Å². The second-order valence-electron chi connectivity index (χ2n) is 3.34. The van der Waals surface area contributed by atoms with E-state index in [1.54, 1.807) is 17.5 Å². The molecule has 0 aromatic carbocycles. The van der Waals surface area contributed by atoms with Gasteiger partial charge in [0.1, 0.15) is 0 Å². The van der Waals surface area contributed by atoms with Crippen LogP contribution in [-0.2, 0) is 6.61 Å². The highest BCUT2D eigenvalue weighted by Crippen LogP contribution is 2.23. The molecule has 0 aliphatic heterocycles. The second-order valence-corrected chi connectivity index (χ2v) is 4.18. The lowest BCUT2D eigenvalue weighted by Crippen LogP contribution is -1.97. The molecule has 2 aromatic rings. The van der Waals surface area contributed by atoms with E-state index in [0.717, 1.165) is 10.7 Å². The van der Waals surface area contributed by atoms with Crippen molar-refractivity contribution in [3.63, 3.8) is 0 Å². The zero-order valence-electron chi connectivity index (χ0n) is 7.69. The van der Waals surface area contributed by atoms with E-state index in [-0.39, 0.29) is 6.61 Å². The maximum Gasteiger partial charge on any atom is 0.194 e. The topological polar surface area (TPSA) is 37.5 Å². The molecular formula is C9H12N2OS. The van der Waals surface area contributed by atoms with E-state index in [0.29, 0.717) is 5.92 Å². The predicted octanol–water partition coefficient (Wildman–Crippen LogP) is 2.01. The normalized spacial score (nSPS) is 11.7. The Bertz CT molecular complexity index is 416. The van der Waals surface area contributed by atoms with Crippen LogP contribution >= 0.6 is 11.3 Å². The second kappa shape index (κ2) is 3.12. The van der Waals surface area contributed by atoms with Crippen molar-refractivity contribution >= 4 is 16.3 Å². The lowest BCUT2D eigenvalue weighted by Gasteiger charge is -2.04. The minimum Gasteiger partial charge on any atom is -0.390 e. The maximum atomic E-state index is 9.09. The van der Waals surface area contributed by atoms with Gasteiger partial charge in [0.2, 0.25) is 0 Å². The summed E-state index contributed by atoms with van der Waals surface area (Å²) in [5, 5.41) is 11.2. The highest BCUT2D eigenvalue weighted by molar-refractivity contribution is 7.15. The molecule has 0 aliphatic rings. The zero-order valence-corrected chi connectivity index (χ0v) is 8.51. The molecule has 0 saturated carbocycles. The van der Waals surface area contributed by atoms with Crippen LogP contribution < -0.4 is 0 Å². The molecule has 0 amide bonds. The smallest absolute Gasteiger partial charge is 0.194 e. The SMILES string of the molecule is CC(C)c1csc2ncc(CO)n12. The predicted molar refractivity (Wildman–Crippen MR) is 53.1 cm³/mol. The van der Waals surface area contributed by atoms with Crippen molar-refractivity contribution in [1.29, 1.82) is 0 Å². The van der Waals surface area contributed by atoms with Crippen molar-refractivity contribution in [3.05, 3.63) is 23.0 Å². The molecule has 13 heavy (non-hydrogen) atoms. The van der Waals surface area contributed by atoms with Crippen LogP contribution in [0.1, 0.15) is 31.2 Å². The maximum absolute atomic E-state index is 9.09. The summed E-state index contributed by atoms with van der Waals surface area (Å²) in [4.78, 5) is 5.18. The number of thiazole rings is 1. The molecule has 0 bridgehead atoms. The first-order chi connectivity index (χ1) is 6.24. The molecule has 2 aromatic heterocycles. The Morgan fingerprint density at radius 1 is 1.62 bits per heavy atom. The number of rotatable bonds is 2. The monoisotopic (exact) mass is 196 g/mol. The van der Waals surface area contributed by atoms with Gasteiger partial charge in [0.05, 0.1) is 18.5 Å². The number of fused-ring (bicyclic) bond motifs is 1. The first kappa shape index (κ1) is 8.72. The molecule has 1 N–H and O–H groups in total. The van der Waals surface area contributed by atoms with Gasteiger partial charge in [0, 0.05) is 11.1 Å². The summed E-state index contributed by atoms with van der Waals surface area (Å²) in [7, 11) is 0. The molecule has 2 rings (SSSR count). The Hall–Kier alpha value is -0.870. The third-order valence-corrected chi connectivity index (χ3v) is 2.96. The lowest BCUT2D eigenvalue weighted by molar-refractivity contribution is 0.275. The number of aliphatic hydroxyl groups excluding tert-OH is 1. The van der Waals surface area contributed by atoms with E-state index in [2.05, 4.69) is 24.2 Å². The van der Waals surface area contributed by atoms with Gasteiger partial charge in [-0.3, -0.25) is 4.40 Å². The summed E-state index contributed by atoms with van der Waals surface area (Å²) in [5.74, 6) is 0.466. The van der Waals surface area contributed by atoms with E-state index >= 15 is 0 Å². The van der Waals surface area contributed by atoms with Crippen LogP contribution in [0.2, 0.25) is 0 Å². The Morgan fingerprint density at radius 2 is 2.38 bits per heavy atom. The van der Waals surface area contributed by atoms with Crippen molar-refractivity contribution in [1.82, 2.24) is 9.38 Å². The van der Waals surface area contributed by atoms with Crippen molar-refractivity contribution in [3.8, 4) is 0 Å². The minimum atomic E-state index is 0.0532. The average Bonchev–Trinajstić information content (AvgIpc) is 2.61. The van der Waals surface area contributed by atoms with Crippen molar-refractivity contribution in [2.45, 2.75) is 26.4 Å². The molecule has 0 aliphatic carbocycles. The van der Waals surface area contributed by atoms with Crippen LogP contribution in [-0.4, -0.2) is 14.5 Å². The molecular weight excluding hydrogens is 184 g/mol. The Morgan fingerprint density at radius 3 is 3.00 bits per heavy atom. The number of hydrogen-bond acceptors (Lipinski definition) is 3. The summed E-state index contributed by atoms with van der Waals surface area (Å²) in [6.45, 7) is 4.34. The van der Waals surface area contributed by atoms with Gasteiger partial charge in [-0.05, 0) is 5.92 Å². The van der Waals surface area contributed by atoms with Crippen LogP contribution in [0.5, 0.6) is 0 Å². The van der Waals surface area contributed by atoms with Crippen molar-refractivity contribution in [2.75, 3.05) is 0 Å². The third-order valence-electron chi connectivity index (χ3n) is 2.10. The van der Waals surface area contributed by atoms with Crippen LogP contribution in [0.25, 0.3) is 4.96 Å². The minimum absolute atomic E-state index is 0.0532. The number of imidazole rings is 1. The Labute approximate surface area is 80.7 Å². The number of aromatic nitrogens is 2. The lowest BCUT2D eigenvalue weighted by atomic mass is 10.1. The van der Waals surface area contributed by atoms with Gasteiger partial charge in [-0.2, -0.15) is 0 Å². The molecule has 0 unspecified atom stereocenters. The molecule has 0 radical (unpaired) electrons. The van der Waals surface area contributed by atoms with Crippen LogP contribution in [0.3, 0.4) is 0 Å². The molecule has 2 heterocycles. The molecule has 0 fully saturated rings.